The van der Waals surface area contributed by atoms with Crippen molar-refractivity contribution >= 4 is 31.8 Å². The third kappa shape index (κ3) is 3.45. The number of nitrogens with zero attached hydrogens (tertiary/aromatic N) is 4. The van der Waals surface area contributed by atoms with Gasteiger partial charge in [0.05, 0.1) is 10.6 Å². The van der Waals surface area contributed by atoms with Crippen molar-refractivity contribution in [3.63, 3.8) is 0 Å². The van der Waals surface area contributed by atoms with E-state index in [9.17, 15) is 8.42 Å². The predicted octanol–water partition coefficient (Wildman–Crippen LogP) is 2.37. The Morgan fingerprint density at radius 2 is 1.62 bits per heavy atom. The lowest BCUT2D eigenvalue weighted by Gasteiger charge is -2.34. The standard InChI is InChI=1S/C16H19BrN4O2S/c1-12-11-16(19-18-13(12)2)20-7-9-21(10-8-20)24(22,23)15-5-3-14(17)4-6-15/h3-6,11H,7-10H2,1-2H3. The van der Waals surface area contributed by atoms with Crippen LogP contribution in [-0.2, 0) is 10.0 Å². The van der Waals surface area contributed by atoms with Crippen molar-refractivity contribution in [3.8, 4) is 0 Å². The molecule has 0 bridgehead atoms. The fourth-order valence-corrected chi connectivity index (χ4v) is 4.29. The van der Waals surface area contributed by atoms with Gasteiger partial charge in [0.15, 0.2) is 5.82 Å². The molecule has 128 valence electrons. The van der Waals surface area contributed by atoms with Crippen molar-refractivity contribution < 1.29 is 8.42 Å². The highest BCUT2D eigenvalue weighted by molar-refractivity contribution is 9.10. The molecule has 1 aromatic heterocycles. The first-order valence-corrected chi connectivity index (χ1v) is 9.93. The van der Waals surface area contributed by atoms with E-state index >= 15 is 0 Å². The molecular formula is C16H19BrN4O2S. The maximum atomic E-state index is 12.7. The van der Waals surface area contributed by atoms with Gasteiger partial charge in [-0.3, -0.25) is 0 Å². The smallest absolute Gasteiger partial charge is 0.243 e. The zero-order valence-electron chi connectivity index (χ0n) is 13.6. The first-order valence-electron chi connectivity index (χ1n) is 7.69. The first kappa shape index (κ1) is 17.3. The Balaban J connectivity index is 1.72. The fourth-order valence-electron chi connectivity index (χ4n) is 2.60. The number of aryl methyl sites for hydroxylation is 2. The third-order valence-electron chi connectivity index (χ3n) is 4.23. The minimum atomic E-state index is -3.45. The van der Waals surface area contributed by atoms with Crippen LogP contribution >= 0.6 is 15.9 Å². The summed E-state index contributed by atoms with van der Waals surface area (Å²) in [6, 6.07) is 8.74. The van der Waals surface area contributed by atoms with Crippen molar-refractivity contribution in [1.82, 2.24) is 14.5 Å². The van der Waals surface area contributed by atoms with E-state index in [0.29, 0.717) is 31.1 Å². The van der Waals surface area contributed by atoms with Gasteiger partial charge in [0.2, 0.25) is 10.0 Å². The summed E-state index contributed by atoms with van der Waals surface area (Å²) < 4.78 is 27.8. The monoisotopic (exact) mass is 410 g/mol. The van der Waals surface area contributed by atoms with Crippen molar-refractivity contribution in [2.24, 2.45) is 0 Å². The topological polar surface area (TPSA) is 66.4 Å². The molecule has 1 saturated heterocycles. The van der Waals surface area contributed by atoms with Crippen LogP contribution in [0.25, 0.3) is 0 Å². The lowest BCUT2D eigenvalue weighted by atomic mass is 10.2. The molecule has 1 aliphatic heterocycles. The number of aromatic nitrogens is 2. The molecule has 0 amide bonds. The maximum Gasteiger partial charge on any atom is 0.243 e. The normalized spacial score (nSPS) is 16.4. The van der Waals surface area contributed by atoms with Gasteiger partial charge in [0.25, 0.3) is 0 Å². The number of halogens is 1. The zero-order valence-corrected chi connectivity index (χ0v) is 16.0. The Hall–Kier alpha value is -1.51. The number of hydrogen-bond acceptors (Lipinski definition) is 5. The van der Waals surface area contributed by atoms with E-state index in [4.69, 9.17) is 0 Å². The summed E-state index contributed by atoms with van der Waals surface area (Å²) in [7, 11) is -3.45. The highest BCUT2D eigenvalue weighted by Crippen LogP contribution is 2.22. The number of rotatable bonds is 3. The first-order chi connectivity index (χ1) is 11.4. The van der Waals surface area contributed by atoms with E-state index in [2.05, 4.69) is 31.0 Å². The van der Waals surface area contributed by atoms with E-state index in [1.54, 1.807) is 24.3 Å². The molecule has 0 unspecified atom stereocenters. The van der Waals surface area contributed by atoms with Crippen LogP contribution in [0.4, 0.5) is 5.82 Å². The molecule has 0 saturated carbocycles. The molecule has 1 aromatic carbocycles. The summed E-state index contributed by atoms with van der Waals surface area (Å²) >= 11 is 3.32. The molecule has 0 radical (unpaired) electrons. The van der Waals surface area contributed by atoms with Crippen molar-refractivity contribution in [2.45, 2.75) is 18.7 Å². The van der Waals surface area contributed by atoms with Crippen LogP contribution in [0, 0.1) is 13.8 Å². The number of hydrogen-bond donors (Lipinski definition) is 0. The number of piperazine rings is 1. The molecule has 0 aliphatic carbocycles. The van der Waals surface area contributed by atoms with Crippen LogP contribution in [0.5, 0.6) is 0 Å². The zero-order chi connectivity index (χ0) is 17.3. The molecule has 0 N–H and O–H groups in total. The molecule has 0 atom stereocenters. The Kier molecular flexibility index (Phi) is 4.89. The summed E-state index contributed by atoms with van der Waals surface area (Å²) in [5, 5.41) is 8.37. The average Bonchev–Trinajstić information content (AvgIpc) is 2.58. The van der Waals surface area contributed by atoms with Gasteiger partial charge in [-0.1, -0.05) is 15.9 Å². The second-order valence-corrected chi connectivity index (χ2v) is 8.67. The molecule has 0 spiro atoms. The van der Waals surface area contributed by atoms with Crippen LogP contribution < -0.4 is 4.90 Å². The Morgan fingerprint density at radius 3 is 2.21 bits per heavy atom. The quantitative estimate of drug-likeness (QED) is 0.776. The molecule has 1 fully saturated rings. The number of benzene rings is 1. The van der Waals surface area contributed by atoms with E-state index < -0.39 is 10.0 Å². The van der Waals surface area contributed by atoms with Gasteiger partial charge in [-0.05, 0) is 49.7 Å². The second-order valence-electron chi connectivity index (χ2n) is 5.82. The van der Waals surface area contributed by atoms with Gasteiger partial charge >= 0.3 is 0 Å². The van der Waals surface area contributed by atoms with Gasteiger partial charge in [-0.2, -0.15) is 9.40 Å². The molecule has 8 heteroatoms. The predicted molar refractivity (Wildman–Crippen MR) is 96.6 cm³/mol. The average molecular weight is 411 g/mol. The molecule has 2 aromatic rings. The van der Waals surface area contributed by atoms with Crippen molar-refractivity contribution in [1.29, 1.82) is 0 Å². The second kappa shape index (κ2) is 6.78. The Morgan fingerprint density at radius 1 is 1.00 bits per heavy atom. The van der Waals surface area contributed by atoms with Gasteiger partial charge < -0.3 is 4.90 Å². The van der Waals surface area contributed by atoms with Crippen molar-refractivity contribution in [2.75, 3.05) is 31.1 Å². The SMILES string of the molecule is Cc1cc(N2CCN(S(=O)(=O)c3ccc(Br)cc3)CC2)nnc1C. The van der Waals surface area contributed by atoms with Crippen LogP contribution in [0.3, 0.4) is 0 Å². The molecule has 1 aliphatic rings. The summed E-state index contributed by atoms with van der Waals surface area (Å²) in [6.07, 6.45) is 0. The maximum absolute atomic E-state index is 12.7. The summed E-state index contributed by atoms with van der Waals surface area (Å²) in [5.41, 5.74) is 2.00. The summed E-state index contributed by atoms with van der Waals surface area (Å²) in [4.78, 5) is 2.40. The largest absolute Gasteiger partial charge is 0.352 e. The van der Waals surface area contributed by atoms with Gasteiger partial charge in [0.1, 0.15) is 0 Å². The van der Waals surface area contributed by atoms with Crippen LogP contribution in [0.15, 0.2) is 39.7 Å². The molecule has 3 rings (SSSR count). The van der Waals surface area contributed by atoms with E-state index in [0.717, 1.165) is 21.5 Å². The Labute approximate surface area is 150 Å². The van der Waals surface area contributed by atoms with E-state index in [1.165, 1.54) is 4.31 Å². The Bertz CT molecular complexity index is 832. The lowest BCUT2D eigenvalue weighted by Crippen LogP contribution is -2.49. The van der Waals surface area contributed by atoms with Gasteiger partial charge in [-0.25, -0.2) is 8.42 Å². The summed E-state index contributed by atoms with van der Waals surface area (Å²) in [5.74, 6) is 0.804. The van der Waals surface area contributed by atoms with Crippen molar-refractivity contribution in [3.05, 3.63) is 46.1 Å². The number of sulfonamides is 1. The van der Waals surface area contributed by atoms with Gasteiger partial charge in [0, 0.05) is 30.7 Å². The van der Waals surface area contributed by atoms with Crippen LogP contribution in [0.2, 0.25) is 0 Å². The van der Waals surface area contributed by atoms with Gasteiger partial charge in [-0.15, -0.1) is 5.10 Å². The molecule has 2 heterocycles. The molecular weight excluding hydrogens is 392 g/mol. The van der Waals surface area contributed by atoms with E-state index in [1.807, 2.05) is 19.9 Å². The summed E-state index contributed by atoms with van der Waals surface area (Å²) in [6.45, 7) is 6.01. The third-order valence-corrected chi connectivity index (χ3v) is 6.67. The highest BCUT2D eigenvalue weighted by atomic mass is 79.9. The highest BCUT2D eigenvalue weighted by Gasteiger charge is 2.29. The van der Waals surface area contributed by atoms with Crippen LogP contribution in [-0.4, -0.2) is 49.1 Å². The minimum Gasteiger partial charge on any atom is -0.352 e. The molecule has 24 heavy (non-hydrogen) atoms. The minimum absolute atomic E-state index is 0.324. The fraction of sp³-hybridized carbons (Fsp3) is 0.375. The van der Waals surface area contributed by atoms with Crippen LogP contribution in [0.1, 0.15) is 11.3 Å². The van der Waals surface area contributed by atoms with E-state index in [-0.39, 0.29) is 0 Å². The molecule has 6 nitrogen and oxygen atoms in total. The number of anilines is 1. The lowest BCUT2D eigenvalue weighted by molar-refractivity contribution is 0.383.